The maximum atomic E-state index is 13.0. The zero-order valence-corrected chi connectivity index (χ0v) is 13.9. The lowest BCUT2D eigenvalue weighted by atomic mass is 9.88. The van der Waals surface area contributed by atoms with Gasteiger partial charge in [0.2, 0.25) is 5.91 Å². The maximum Gasteiger partial charge on any atom is 0.233 e. The highest BCUT2D eigenvalue weighted by Gasteiger charge is 2.42. The Morgan fingerprint density at radius 3 is 3.08 bits per heavy atom. The molecule has 0 aromatic carbocycles. The van der Waals surface area contributed by atoms with Crippen LogP contribution in [-0.4, -0.2) is 34.5 Å². The number of hydrogen-bond donors (Lipinski definition) is 1. The van der Waals surface area contributed by atoms with Crippen LogP contribution in [0.3, 0.4) is 0 Å². The van der Waals surface area contributed by atoms with E-state index >= 15 is 0 Å². The Balaban J connectivity index is 1.84. The molecule has 1 aliphatic carbocycles. The molecule has 0 spiro atoms. The maximum absolute atomic E-state index is 13.0. The fraction of sp³-hybridized carbons (Fsp3) is 0.368. The molecule has 24 heavy (non-hydrogen) atoms. The molecule has 0 radical (unpaired) electrons. The van der Waals surface area contributed by atoms with E-state index in [1.54, 1.807) is 31.1 Å². The van der Waals surface area contributed by atoms with Crippen molar-refractivity contribution in [2.24, 2.45) is 11.8 Å². The van der Waals surface area contributed by atoms with E-state index in [0.29, 0.717) is 18.3 Å². The number of carbonyl (C=O) groups is 1. The zero-order valence-electron chi connectivity index (χ0n) is 13.9. The van der Waals surface area contributed by atoms with Crippen LogP contribution in [0.1, 0.15) is 18.9 Å². The molecule has 2 heterocycles. The van der Waals surface area contributed by atoms with E-state index in [-0.39, 0.29) is 23.4 Å². The first kappa shape index (κ1) is 16.4. The van der Waals surface area contributed by atoms with E-state index in [9.17, 15) is 14.3 Å². The Morgan fingerprint density at radius 1 is 1.54 bits per heavy atom. The highest BCUT2D eigenvalue weighted by molar-refractivity contribution is 5.90. The molecular weight excluding hydrogens is 307 g/mol. The van der Waals surface area contributed by atoms with E-state index in [4.69, 9.17) is 0 Å². The summed E-state index contributed by atoms with van der Waals surface area (Å²) in [4.78, 5) is 18.1. The van der Waals surface area contributed by atoms with Crippen LogP contribution in [0.5, 0.6) is 0 Å². The normalized spacial score (nSPS) is 23.5. The number of aliphatic hydroxyl groups is 1. The fourth-order valence-electron chi connectivity index (χ4n) is 3.33. The number of hydrogen-bond acceptors (Lipinski definition) is 3. The average Bonchev–Trinajstić information content (AvgIpc) is 2.85. The summed E-state index contributed by atoms with van der Waals surface area (Å²) in [7, 11) is 1.75. The van der Waals surface area contributed by atoms with Crippen molar-refractivity contribution in [3.63, 3.8) is 0 Å². The Labute approximate surface area is 140 Å². The highest BCUT2D eigenvalue weighted by atomic mass is 19.1. The van der Waals surface area contributed by atoms with Crippen LogP contribution in [0.2, 0.25) is 0 Å². The molecule has 2 atom stereocenters. The summed E-state index contributed by atoms with van der Waals surface area (Å²) in [6, 6.07) is 2.00. The van der Waals surface area contributed by atoms with Crippen LogP contribution < -0.4 is 10.6 Å². The first-order valence-electron chi connectivity index (χ1n) is 8.14. The largest absolute Gasteiger partial charge is 0.509 e. The van der Waals surface area contributed by atoms with Crippen molar-refractivity contribution in [1.82, 2.24) is 9.88 Å². The number of aromatic nitrogens is 1. The van der Waals surface area contributed by atoms with Crippen LogP contribution in [0, 0.1) is 11.8 Å². The molecule has 1 aromatic heterocycles. The lowest BCUT2D eigenvalue weighted by molar-refractivity contribution is -0.128. The minimum absolute atomic E-state index is 0.00395. The fourth-order valence-corrected chi connectivity index (χ4v) is 3.33. The number of aliphatic hydroxyl groups excluding tert-OH is 1. The molecule has 4 nitrogen and oxygen atoms in total. The van der Waals surface area contributed by atoms with Crippen molar-refractivity contribution in [2.75, 3.05) is 13.6 Å². The van der Waals surface area contributed by atoms with Gasteiger partial charge in [-0.1, -0.05) is 18.2 Å². The van der Waals surface area contributed by atoms with Gasteiger partial charge in [-0.3, -0.25) is 9.78 Å². The van der Waals surface area contributed by atoms with Gasteiger partial charge in [-0.25, -0.2) is 4.39 Å². The van der Waals surface area contributed by atoms with E-state index in [1.807, 2.05) is 12.1 Å². The summed E-state index contributed by atoms with van der Waals surface area (Å²) in [6.07, 6.45) is 9.88. The number of amides is 1. The Morgan fingerprint density at radius 2 is 2.33 bits per heavy atom. The summed E-state index contributed by atoms with van der Waals surface area (Å²) >= 11 is 0. The number of fused-ring (bicyclic) bond motifs is 2. The van der Waals surface area contributed by atoms with Crippen molar-refractivity contribution < 1.29 is 14.3 Å². The SMILES string of the molecule is C/C=C(F)\C=C/CCc1cnc2c(c1)=CC1CN(C)C(=O)C1C=2O. The molecule has 1 fully saturated rings. The number of carbonyl (C=O) groups excluding carboxylic acids is 1. The smallest absolute Gasteiger partial charge is 0.233 e. The standard InChI is InChI=1S/C19H21FN2O2/c1-3-15(20)7-5-4-6-12-8-13-9-14-11-22(2)19(24)16(14)18(23)17(13)21-10-12/h3,5,7-10,14,16,23H,4,6,11H2,1-2H3/b7-5-,15-3+. The number of allylic oxidation sites excluding steroid dienone is 4. The third-order valence-corrected chi connectivity index (χ3v) is 4.61. The second kappa shape index (κ2) is 6.59. The molecule has 1 N–H and O–H groups in total. The van der Waals surface area contributed by atoms with Gasteiger partial charge >= 0.3 is 0 Å². The number of pyridine rings is 1. The van der Waals surface area contributed by atoms with E-state index < -0.39 is 5.92 Å². The number of nitrogens with zero attached hydrogens (tertiary/aromatic N) is 2. The van der Waals surface area contributed by atoms with Crippen molar-refractivity contribution >= 4 is 17.7 Å². The van der Waals surface area contributed by atoms with Gasteiger partial charge < -0.3 is 10.0 Å². The predicted octanol–water partition coefficient (Wildman–Crippen LogP) is 1.61. The lowest BCUT2D eigenvalue weighted by Gasteiger charge is -2.16. The monoisotopic (exact) mass is 328 g/mol. The molecule has 2 unspecified atom stereocenters. The first-order valence-corrected chi connectivity index (χ1v) is 8.14. The second-order valence-corrected chi connectivity index (χ2v) is 6.31. The molecule has 1 aromatic rings. The van der Waals surface area contributed by atoms with Crippen LogP contribution in [0.25, 0.3) is 11.8 Å². The molecular formula is C19H21FN2O2. The molecule has 2 aliphatic rings. The Kier molecular flexibility index (Phi) is 4.51. The van der Waals surface area contributed by atoms with Crippen molar-refractivity contribution in [1.29, 1.82) is 0 Å². The average molecular weight is 328 g/mol. The number of halogens is 1. The second-order valence-electron chi connectivity index (χ2n) is 6.31. The first-order chi connectivity index (χ1) is 11.5. The lowest BCUT2D eigenvalue weighted by Crippen LogP contribution is -2.40. The van der Waals surface area contributed by atoms with E-state index in [2.05, 4.69) is 4.98 Å². The third-order valence-electron chi connectivity index (χ3n) is 4.61. The summed E-state index contributed by atoms with van der Waals surface area (Å²) in [5.41, 5.74) is 1.03. The van der Waals surface area contributed by atoms with Gasteiger partial charge in [-0.05, 0) is 37.5 Å². The van der Waals surface area contributed by atoms with Gasteiger partial charge in [0, 0.05) is 30.9 Å². The summed E-state index contributed by atoms with van der Waals surface area (Å²) in [5, 5.41) is 11.8. The van der Waals surface area contributed by atoms with Gasteiger partial charge in [-0.15, -0.1) is 0 Å². The van der Waals surface area contributed by atoms with E-state index in [0.717, 1.165) is 17.2 Å². The zero-order chi connectivity index (χ0) is 17.3. The topological polar surface area (TPSA) is 53.4 Å². The predicted molar refractivity (Wildman–Crippen MR) is 90.9 cm³/mol. The van der Waals surface area contributed by atoms with Crippen molar-refractivity contribution in [3.8, 4) is 0 Å². The quantitative estimate of drug-likeness (QED) is 0.855. The van der Waals surface area contributed by atoms with Crippen LogP contribution in [0.15, 0.2) is 36.3 Å². The third kappa shape index (κ3) is 2.98. The Hall–Kier alpha value is -2.43. The Bertz CT molecular complexity index is 841. The van der Waals surface area contributed by atoms with Gasteiger partial charge in [0.15, 0.2) is 0 Å². The molecule has 0 bridgehead atoms. The number of rotatable bonds is 4. The number of aryl methyl sites for hydroxylation is 1. The minimum atomic E-state index is -0.493. The van der Waals surface area contributed by atoms with Gasteiger partial charge in [-0.2, -0.15) is 0 Å². The van der Waals surface area contributed by atoms with Crippen LogP contribution in [-0.2, 0) is 11.2 Å². The molecule has 3 rings (SSSR count). The summed E-state index contributed by atoms with van der Waals surface area (Å²) < 4.78 is 13.0. The summed E-state index contributed by atoms with van der Waals surface area (Å²) in [6.45, 7) is 2.27. The van der Waals surface area contributed by atoms with Crippen molar-refractivity contribution in [3.05, 3.63) is 52.4 Å². The molecule has 126 valence electrons. The van der Waals surface area contributed by atoms with Crippen LogP contribution in [0.4, 0.5) is 4.39 Å². The molecule has 1 amide bonds. The van der Waals surface area contributed by atoms with Gasteiger partial charge in [0.05, 0.1) is 0 Å². The number of likely N-dealkylation sites (tertiary alicyclic amines) is 1. The van der Waals surface area contributed by atoms with Crippen LogP contribution >= 0.6 is 0 Å². The molecule has 0 saturated carbocycles. The highest BCUT2D eigenvalue weighted by Crippen LogP contribution is 2.31. The van der Waals surface area contributed by atoms with Gasteiger partial charge in [0.1, 0.15) is 22.9 Å². The minimum Gasteiger partial charge on any atom is -0.509 e. The van der Waals surface area contributed by atoms with Crippen molar-refractivity contribution in [2.45, 2.75) is 19.8 Å². The van der Waals surface area contributed by atoms with E-state index in [1.165, 1.54) is 12.2 Å². The summed E-state index contributed by atoms with van der Waals surface area (Å²) in [5.74, 6) is -0.717. The molecule has 1 aliphatic heterocycles. The molecule has 1 saturated heterocycles. The molecule has 5 heteroatoms. The van der Waals surface area contributed by atoms with Gasteiger partial charge in [0.25, 0.3) is 0 Å².